The number of ether oxygens (including phenoxy) is 1. The van der Waals surface area contributed by atoms with Crippen LogP contribution in [0.5, 0.6) is 0 Å². The Kier molecular flexibility index (Phi) is 4.24. The zero-order valence-corrected chi connectivity index (χ0v) is 13.8. The lowest BCUT2D eigenvalue weighted by molar-refractivity contribution is 0.179. The largest absolute Gasteiger partial charge is 0.378 e. The van der Waals surface area contributed by atoms with Crippen LogP contribution in [0.3, 0.4) is 0 Å². The average molecular weight is 351 g/mol. The first-order valence-electron chi connectivity index (χ1n) is 7.86. The van der Waals surface area contributed by atoms with E-state index in [4.69, 9.17) is 9.26 Å². The number of benzene rings is 2. The summed E-state index contributed by atoms with van der Waals surface area (Å²) >= 11 is 0. The fourth-order valence-corrected chi connectivity index (χ4v) is 2.58. The lowest BCUT2D eigenvalue weighted by Gasteiger charge is -2.06. The minimum atomic E-state index is -0.420. The van der Waals surface area contributed by atoms with Crippen molar-refractivity contribution < 1.29 is 13.7 Å². The van der Waals surface area contributed by atoms with Crippen LogP contribution in [0.1, 0.15) is 5.69 Å². The van der Waals surface area contributed by atoms with E-state index in [0.29, 0.717) is 17.2 Å². The highest BCUT2D eigenvalue weighted by Crippen LogP contribution is 2.26. The van der Waals surface area contributed by atoms with Gasteiger partial charge in [0.15, 0.2) is 5.69 Å². The first-order chi connectivity index (χ1) is 12.8. The van der Waals surface area contributed by atoms with E-state index in [1.807, 2.05) is 30.3 Å². The fourth-order valence-electron chi connectivity index (χ4n) is 2.58. The molecule has 0 saturated heterocycles. The van der Waals surface area contributed by atoms with Gasteiger partial charge in [0.2, 0.25) is 5.82 Å². The molecule has 0 aliphatic carbocycles. The second-order valence-electron chi connectivity index (χ2n) is 5.47. The predicted octanol–water partition coefficient (Wildman–Crippen LogP) is 3.27. The van der Waals surface area contributed by atoms with Crippen LogP contribution in [-0.4, -0.2) is 32.2 Å². The first kappa shape index (κ1) is 16.1. The zero-order chi connectivity index (χ0) is 17.9. The lowest BCUT2D eigenvalue weighted by atomic mass is 10.2. The van der Waals surface area contributed by atoms with E-state index in [2.05, 4.69) is 20.5 Å². The van der Waals surface area contributed by atoms with Crippen molar-refractivity contribution in [2.45, 2.75) is 6.61 Å². The molecule has 2 aromatic carbocycles. The summed E-state index contributed by atoms with van der Waals surface area (Å²) in [4.78, 5) is 4.38. The highest BCUT2D eigenvalue weighted by atomic mass is 19.1. The van der Waals surface area contributed by atoms with Gasteiger partial charge in [-0.25, -0.2) is 9.07 Å². The van der Waals surface area contributed by atoms with Gasteiger partial charge in [0, 0.05) is 12.7 Å². The summed E-state index contributed by atoms with van der Waals surface area (Å²) in [6.07, 6.45) is 0. The number of nitrogens with zero attached hydrogens (tertiary/aromatic N) is 5. The Morgan fingerprint density at radius 3 is 2.62 bits per heavy atom. The molecule has 0 saturated carbocycles. The number of aromatic nitrogens is 5. The lowest BCUT2D eigenvalue weighted by Crippen LogP contribution is -2.06. The van der Waals surface area contributed by atoms with Crippen LogP contribution in [0.15, 0.2) is 59.1 Å². The fraction of sp³-hybridized carbons (Fsp3) is 0.111. The van der Waals surface area contributed by atoms with Crippen molar-refractivity contribution in [3.63, 3.8) is 0 Å². The smallest absolute Gasteiger partial charge is 0.280 e. The molecule has 26 heavy (non-hydrogen) atoms. The summed E-state index contributed by atoms with van der Waals surface area (Å²) in [5.74, 6) is 0.208. The van der Waals surface area contributed by atoms with Gasteiger partial charge in [-0.15, -0.1) is 5.10 Å². The van der Waals surface area contributed by atoms with Crippen molar-refractivity contribution in [1.29, 1.82) is 0 Å². The Morgan fingerprint density at radius 1 is 1.08 bits per heavy atom. The molecule has 0 radical (unpaired) electrons. The Labute approximate surface area is 148 Å². The Balaban J connectivity index is 1.78. The number of methoxy groups -OCH3 is 1. The summed E-state index contributed by atoms with van der Waals surface area (Å²) in [5.41, 5.74) is 1.95. The molecule has 0 unspecified atom stereocenters. The summed E-state index contributed by atoms with van der Waals surface area (Å²) in [7, 11) is 1.53. The average Bonchev–Trinajstić information content (AvgIpc) is 3.30. The Morgan fingerprint density at radius 2 is 1.85 bits per heavy atom. The SMILES string of the molecule is COCc1c(-c2nc(-c3ccccc3)no2)nnn1-c1ccccc1F. The predicted molar refractivity (Wildman–Crippen MR) is 90.8 cm³/mol. The molecule has 4 aromatic rings. The maximum atomic E-state index is 14.2. The molecule has 130 valence electrons. The molecular weight excluding hydrogens is 337 g/mol. The van der Waals surface area contributed by atoms with E-state index in [1.54, 1.807) is 18.2 Å². The maximum absolute atomic E-state index is 14.2. The van der Waals surface area contributed by atoms with Crippen LogP contribution >= 0.6 is 0 Å². The molecule has 8 heteroatoms. The standard InChI is InChI=1S/C18H14FN5O2/c1-25-11-15-16(21-23-24(15)14-10-6-5-9-13(14)19)18-20-17(22-26-18)12-7-3-2-4-8-12/h2-10H,11H2,1H3. The van der Waals surface area contributed by atoms with Crippen LogP contribution in [0.4, 0.5) is 4.39 Å². The Hall–Kier alpha value is -3.39. The molecule has 2 heterocycles. The van der Waals surface area contributed by atoms with Crippen molar-refractivity contribution in [2.24, 2.45) is 0 Å². The summed E-state index contributed by atoms with van der Waals surface area (Å²) in [6, 6.07) is 15.7. The first-order valence-corrected chi connectivity index (χ1v) is 7.86. The van der Waals surface area contributed by atoms with Crippen LogP contribution in [0, 0.1) is 5.82 Å². The summed E-state index contributed by atoms with van der Waals surface area (Å²) in [6.45, 7) is 0.152. The number of halogens is 1. The van der Waals surface area contributed by atoms with Crippen molar-refractivity contribution in [3.05, 3.63) is 66.1 Å². The second-order valence-corrected chi connectivity index (χ2v) is 5.47. The third-order valence-corrected chi connectivity index (χ3v) is 3.79. The molecule has 0 aliphatic heterocycles. The van der Waals surface area contributed by atoms with E-state index in [1.165, 1.54) is 17.9 Å². The molecular formula is C18H14FN5O2. The molecule has 4 rings (SSSR count). The van der Waals surface area contributed by atoms with Gasteiger partial charge in [-0.3, -0.25) is 0 Å². The molecule has 7 nitrogen and oxygen atoms in total. The van der Waals surface area contributed by atoms with Gasteiger partial charge < -0.3 is 9.26 Å². The van der Waals surface area contributed by atoms with E-state index in [0.717, 1.165) is 5.56 Å². The van der Waals surface area contributed by atoms with Crippen molar-refractivity contribution in [2.75, 3.05) is 7.11 Å². The molecule has 0 spiro atoms. The number of para-hydroxylation sites is 1. The molecule has 0 aliphatic rings. The van der Waals surface area contributed by atoms with Gasteiger partial charge in [-0.2, -0.15) is 4.98 Å². The van der Waals surface area contributed by atoms with Gasteiger partial charge in [0.1, 0.15) is 17.2 Å². The molecule has 0 atom stereocenters. The second kappa shape index (κ2) is 6.85. The van der Waals surface area contributed by atoms with Crippen LogP contribution in [-0.2, 0) is 11.3 Å². The quantitative estimate of drug-likeness (QED) is 0.549. The molecule has 2 aromatic heterocycles. The molecule has 0 N–H and O–H groups in total. The Bertz CT molecular complexity index is 1030. The molecule has 0 bridgehead atoms. The number of rotatable bonds is 5. The van der Waals surface area contributed by atoms with E-state index in [9.17, 15) is 4.39 Å². The minimum Gasteiger partial charge on any atom is -0.378 e. The van der Waals surface area contributed by atoms with E-state index in [-0.39, 0.29) is 18.2 Å². The van der Waals surface area contributed by atoms with Gasteiger partial charge in [0.25, 0.3) is 5.89 Å². The minimum absolute atomic E-state index is 0.152. The molecule has 0 fully saturated rings. The third-order valence-electron chi connectivity index (χ3n) is 3.79. The normalized spacial score (nSPS) is 11.0. The van der Waals surface area contributed by atoms with Gasteiger partial charge in [0.05, 0.1) is 6.61 Å². The topological polar surface area (TPSA) is 78.9 Å². The van der Waals surface area contributed by atoms with Crippen molar-refractivity contribution >= 4 is 0 Å². The number of hydrogen-bond acceptors (Lipinski definition) is 6. The van der Waals surface area contributed by atoms with Crippen LogP contribution in [0.25, 0.3) is 28.7 Å². The number of hydrogen-bond donors (Lipinski definition) is 0. The van der Waals surface area contributed by atoms with E-state index < -0.39 is 5.82 Å². The third kappa shape index (κ3) is 2.86. The maximum Gasteiger partial charge on any atom is 0.280 e. The summed E-state index contributed by atoms with van der Waals surface area (Å²) < 4.78 is 26.1. The van der Waals surface area contributed by atoms with Gasteiger partial charge >= 0.3 is 0 Å². The highest BCUT2D eigenvalue weighted by Gasteiger charge is 2.22. The molecule has 0 amide bonds. The van der Waals surface area contributed by atoms with Crippen LogP contribution < -0.4 is 0 Å². The zero-order valence-electron chi connectivity index (χ0n) is 13.8. The van der Waals surface area contributed by atoms with Crippen molar-refractivity contribution in [1.82, 2.24) is 25.1 Å². The highest BCUT2D eigenvalue weighted by molar-refractivity contribution is 5.59. The van der Waals surface area contributed by atoms with Gasteiger partial charge in [-0.05, 0) is 12.1 Å². The van der Waals surface area contributed by atoms with Crippen molar-refractivity contribution in [3.8, 4) is 28.7 Å². The monoisotopic (exact) mass is 351 g/mol. The van der Waals surface area contributed by atoms with Gasteiger partial charge in [-0.1, -0.05) is 52.8 Å². The van der Waals surface area contributed by atoms with Crippen LogP contribution in [0.2, 0.25) is 0 Å². The van der Waals surface area contributed by atoms with E-state index >= 15 is 0 Å². The summed E-state index contributed by atoms with van der Waals surface area (Å²) in [5, 5.41) is 12.1.